The number of alkyl carbamates (subject to hydrolysis) is 2. The molecular formula is C17H26N2O8. The summed E-state index contributed by atoms with van der Waals surface area (Å²) < 4.78 is 19.3. The van der Waals surface area contributed by atoms with E-state index in [4.69, 9.17) is 18.9 Å². The van der Waals surface area contributed by atoms with E-state index >= 15 is 0 Å². The lowest BCUT2D eigenvalue weighted by Crippen LogP contribution is -2.43. The van der Waals surface area contributed by atoms with E-state index < -0.39 is 36.3 Å². The quantitative estimate of drug-likeness (QED) is 0.233. The van der Waals surface area contributed by atoms with Crippen molar-refractivity contribution in [3.05, 3.63) is 24.8 Å². The van der Waals surface area contributed by atoms with Gasteiger partial charge < -0.3 is 29.6 Å². The smallest absolute Gasteiger partial charge is 0.407 e. The van der Waals surface area contributed by atoms with E-state index in [-0.39, 0.29) is 31.9 Å². The lowest BCUT2D eigenvalue weighted by atomic mass is 10.3. The summed E-state index contributed by atoms with van der Waals surface area (Å²) in [6.45, 7) is 11.1. The molecule has 10 heteroatoms. The maximum absolute atomic E-state index is 11.6. The second-order valence-corrected chi connectivity index (χ2v) is 5.53. The van der Waals surface area contributed by atoms with Gasteiger partial charge in [0.2, 0.25) is 0 Å². The van der Waals surface area contributed by atoms with Crippen molar-refractivity contribution < 1.29 is 38.1 Å². The van der Waals surface area contributed by atoms with Gasteiger partial charge in [0.15, 0.2) is 0 Å². The molecule has 0 aromatic heterocycles. The van der Waals surface area contributed by atoms with Gasteiger partial charge in [0.1, 0.15) is 25.9 Å². The molecule has 2 N–H and O–H groups in total. The number of rotatable bonds is 11. The van der Waals surface area contributed by atoms with E-state index in [0.29, 0.717) is 0 Å². The second kappa shape index (κ2) is 13.2. The van der Waals surface area contributed by atoms with Crippen LogP contribution in [0, 0.1) is 0 Å². The zero-order valence-electron chi connectivity index (χ0n) is 15.7. The highest BCUT2D eigenvalue weighted by molar-refractivity contribution is 5.86. The second-order valence-electron chi connectivity index (χ2n) is 5.53. The van der Waals surface area contributed by atoms with Crippen molar-refractivity contribution in [2.24, 2.45) is 0 Å². The molecule has 0 spiro atoms. The Labute approximate surface area is 157 Å². The normalized spacial score (nSPS) is 12.0. The fourth-order valence-electron chi connectivity index (χ4n) is 1.44. The highest BCUT2D eigenvalue weighted by atomic mass is 16.6. The molecule has 0 fully saturated rings. The third kappa shape index (κ3) is 12.9. The number of amides is 2. The van der Waals surface area contributed by atoms with E-state index in [9.17, 15) is 19.2 Å². The van der Waals surface area contributed by atoms with Crippen LogP contribution in [-0.4, -0.2) is 62.6 Å². The summed E-state index contributed by atoms with van der Waals surface area (Å²) in [6.07, 6.45) is -1.10. The number of carbonyl (C=O) groups excluding carboxylic acids is 4. The van der Waals surface area contributed by atoms with Crippen molar-refractivity contribution in [3.8, 4) is 0 Å². The van der Waals surface area contributed by atoms with Crippen LogP contribution >= 0.6 is 0 Å². The van der Waals surface area contributed by atoms with Crippen LogP contribution in [0.3, 0.4) is 0 Å². The van der Waals surface area contributed by atoms with Gasteiger partial charge in [0, 0.05) is 24.2 Å². The Bertz CT molecular complexity index is 561. The molecule has 0 radical (unpaired) electrons. The lowest BCUT2D eigenvalue weighted by molar-refractivity contribution is -0.141. The zero-order valence-corrected chi connectivity index (χ0v) is 15.7. The summed E-state index contributed by atoms with van der Waals surface area (Å²) in [5.41, 5.74) is 0.249. The number of nitrogens with one attached hydrogen (secondary N) is 2. The minimum Gasteiger partial charge on any atom is -0.459 e. The van der Waals surface area contributed by atoms with E-state index in [1.165, 1.54) is 6.92 Å². The molecule has 0 aromatic carbocycles. The van der Waals surface area contributed by atoms with Crippen molar-refractivity contribution in [1.29, 1.82) is 0 Å². The Balaban J connectivity index is 3.89. The third-order valence-corrected chi connectivity index (χ3v) is 2.75. The maximum Gasteiger partial charge on any atom is 0.407 e. The number of hydrogen-bond acceptors (Lipinski definition) is 8. The molecule has 2 unspecified atom stereocenters. The molecule has 0 aliphatic rings. The van der Waals surface area contributed by atoms with E-state index in [2.05, 4.69) is 23.8 Å². The van der Waals surface area contributed by atoms with Crippen LogP contribution in [-0.2, 0) is 28.5 Å². The van der Waals surface area contributed by atoms with Gasteiger partial charge in [-0.05, 0) is 20.8 Å². The Morgan fingerprint density at radius 2 is 1.67 bits per heavy atom. The average molecular weight is 386 g/mol. The van der Waals surface area contributed by atoms with Crippen molar-refractivity contribution in [2.75, 3.05) is 26.4 Å². The Morgan fingerprint density at radius 1 is 1.04 bits per heavy atom. The molecule has 0 saturated carbocycles. The van der Waals surface area contributed by atoms with Crippen LogP contribution in [0.4, 0.5) is 9.59 Å². The summed E-state index contributed by atoms with van der Waals surface area (Å²) in [5.74, 6) is -1.18. The summed E-state index contributed by atoms with van der Waals surface area (Å²) in [7, 11) is 0. The Morgan fingerprint density at radius 3 is 2.26 bits per heavy atom. The molecule has 10 nitrogen and oxygen atoms in total. The van der Waals surface area contributed by atoms with Crippen molar-refractivity contribution >= 4 is 24.1 Å². The van der Waals surface area contributed by atoms with Crippen LogP contribution in [0.15, 0.2) is 24.8 Å². The predicted molar refractivity (Wildman–Crippen MR) is 94.8 cm³/mol. The molecule has 0 saturated heterocycles. The van der Waals surface area contributed by atoms with Gasteiger partial charge in [-0.15, -0.1) is 0 Å². The molecule has 0 aliphatic carbocycles. The number of ether oxygens (including phenoxy) is 4. The van der Waals surface area contributed by atoms with Crippen LogP contribution < -0.4 is 10.6 Å². The lowest BCUT2D eigenvalue weighted by Gasteiger charge is -2.17. The first kappa shape index (κ1) is 24.0. The molecular weight excluding hydrogens is 360 g/mol. The SMILES string of the molecule is C=CC(=O)OCC(C)OC(=O)NCC(C)NC(=O)OCCOC(=O)C(=C)C. The summed E-state index contributed by atoms with van der Waals surface area (Å²) in [6, 6.07) is -0.447. The number of esters is 2. The molecule has 0 aromatic rings. The highest BCUT2D eigenvalue weighted by Gasteiger charge is 2.14. The molecule has 2 amide bonds. The van der Waals surface area contributed by atoms with Gasteiger partial charge >= 0.3 is 24.1 Å². The van der Waals surface area contributed by atoms with Gasteiger partial charge in [-0.1, -0.05) is 13.2 Å². The first-order valence-corrected chi connectivity index (χ1v) is 8.15. The molecule has 0 aliphatic heterocycles. The van der Waals surface area contributed by atoms with Gasteiger partial charge in [-0.25, -0.2) is 19.2 Å². The standard InChI is InChI=1S/C17H26N2O8/c1-6-14(20)26-10-13(5)27-16(22)18-9-12(4)19-17(23)25-8-7-24-15(21)11(2)3/h6,12-13H,1-2,7-10H2,3-5H3,(H,18,22)(H,19,23). The van der Waals surface area contributed by atoms with Gasteiger partial charge in [-0.2, -0.15) is 0 Å². The van der Waals surface area contributed by atoms with E-state index in [1.54, 1.807) is 13.8 Å². The largest absolute Gasteiger partial charge is 0.459 e. The predicted octanol–water partition coefficient (Wildman–Crippen LogP) is 1.06. The number of carbonyl (C=O) groups is 4. The first-order chi connectivity index (χ1) is 12.6. The number of hydrogen-bond donors (Lipinski definition) is 2. The molecule has 0 bridgehead atoms. The van der Waals surface area contributed by atoms with Gasteiger partial charge in [0.05, 0.1) is 0 Å². The molecule has 0 heterocycles. The minimum atomic E-state index is -0.731. The summed E-state index contributed by atoms with van der Waals surface area (Å²) >= 11 is 0. The monoisotopic (exact) mass is 386 g/mol. The first-order valence-electron chi connectivity index (χ1n) is 8.15. The molecule has 2 atom stereocenters. The van der Waals surface area contributed by atoms with Crippen molar-refractivity contribution in [1.82, 2.24) is 10.6 Å². The van der Waals surface area contributed by atoms with E-state index in [1.807, 2.05) is 0 Å². The maximum atomic E-state index is 11.6. The van der Waals surface area contributed by atoms with Crippen LogP contribution in [0.1, 0.15) is 20.8 Å². The Hall–Kier alpha value is -3.04. The van der Waals surface area contributed by atoms with Crippen LogP contribution in [0.5, 0.6) is 0 Å². The van der Waals surface area contributed by atoms with Gasteiger partial charge in [-0.3, -0.25) is 0 Å². The fraction of sp³-hybridized carbons (Fsp3) is 0.529. The van der Waals surface area contributed by atoms with Crippen molar-refractivity contribution in [3.63, 3.8) is 0 Å². The summed E-state index contributed by atoms with van der Waals surface area (Å²) in [5, 5.41) is 4.92. The highest BCUT2D eigenvalue weighted by Crippen LogP contribution is 1.95. The third-order valence-electron chi connectivity index (χ3n) is 2.75. The average Bonchev–Trinajstić information content (AvgIpc) is 2.61. The van der Waals surface area contributed by atoms with Crippen LogP contribution in [0.25, 0.3) is 0 Å². The molecule has 152 valence electrons. The minimum absolute atomic E-state index is 0.0811. The topological polar surface area (TPSA) is 129 Å². The van der Waals surface area contributed by atoms with Gasteiger partial charge in [0.25, 0.3) is 0 Å². The zero-order chi connectivity index (χ0) is 20.8. The van der Waals surface area contributed by atoms with Crippen LogP contribution in [0.2, 0.25) is 0 Å². The van der Waals surface area contributed by atoms with E-state index in [0.717, 1.165) is 6.08 Å². The Kier molecular flexibility index (Phi) is 11.7. The van der Waals surface area contributed by atoms with Crippen molar-refractivity contribution in [2.45, 2.75) is 32.9 Å². The molecule has 27 heavy (non-hydrogen) atoms. The fourth-order valence-corrected chi connectivity index (χ4v) is 1.44. The molecule has 0 rings (SSSR count). The summed E-state index contributed by atoms with van der Waals surface area (Å²) in [4.78, 5) is 45.2.